The summed E-state index contributed by atoms with van der Waals surface area (Å²) in [5.41, 5.74) is 5.66. The zero-order chi connectivity index (χ0) is 21.6. The average Bonchev–Trinajstić information content (AvgIpc) is 3.06. The standard InChI is InChI=1S/C19H34N4O5/c1-10(2)9-13(16(24)22-15(11(3)4)19(27)28)21-17(25)14-7-6-8-23(14)18(26)12(5)20/h10-15H,6-9,20H2,1-5H3,(H,21,25)(H,22,24)(H,27,28). The Hall–Kier alpha value is -2.16. The first-order valence-corrected chi connectivity index (χ1v) is 9.85. The minimum absolute atomic E-state index is 0.101. The largest absolute Gasteiger partial charge is 0.480 e. The number of aliphatic carboxylic acids is 1. The first-order chi connectivity index (χ1) is 13.0. The molecule has 1 aliphatic heterocycles. The minimum Gasteiger partial charge on any atom is -0.480 e. The van der Waals surface area contributed by atoms with Gasteiger partial charge >= 0.3 is 5.97 Å². The van der Waals surface area contributed by atoms with Gasteiger partial charge in [0.05, 0.1) is 6.04 Å². The van der Waals surface area contributed by atoms with E-state index in [1.807, 2.05) is 13.8 Å². The van der Waals surface area contributed by atoms with Crippen molar-refractivity contribution in [2.75, 3.05) is 6.54 Å². The van der Waals surface area contributed by atoms with Crippen molar-refractivity contribution in [3.05, 3.63) is 0 Å². The normalized spacial score (nSPS) is 20.0. The molecule has 5 N–H and O–H groups in total. The third kappa shape index (κ3) is 6.47. The molecule has 1 saturated heterocycles. The quantitative estimate of drug-likeness (QED) is 0.433. The second-order valence-corrected chi connectivity index (χ2v) is 8.24. The molecular weight excluding hydrogens is 364 g/mol. The Bertz CT molecular complexity index is 591. The van der Waals surface area contributed by atoms with Gasteiger partial charge in [-0.05, 0) is 38.0 Å². The van der Waals surface area contributed by atoms with E-state index in [0.29, 0.717) is 25.8 Å². The first kappa shape index (κ1) is 23.9. The number of nitrogens with zero attached hydrogens (tertiary/aromatic N) is 1. The molecule has 1 heterocycles. The molecule has 0 radical (unpaired) electrons. The number of nitrogens with two attached hydrogens (primary N) is 1. The van der Waals surface area contributed by atoms with E-state index in [-0.39, 0.29) is 17.7 Å². The van der Waals surface area contributed by atoms with Crippen molar-refractivity contribution in [3.8, 4) is 0 Å². The number of hydrogen-bond donors (Lipinski definition) is 4. The lowest BCUT2D eigenvalue weighted by atomic mass is 10.00. The molecule has 0 spiro atoms. The number of carboxylic acids is 1. The zero-order valence-electron chi connectivity index (χ0n) is 17.4. The smallest absolute Gasteiger partial charge is 0.326 e. The third-order valence-electron chi connectivity index (χ3n) is 4.80. The average molecular weight is 399 g/mol. The van der Waals surface area contributed by atoms with Crippen molar-refractivity contribution in [3.63, 3.8) is 0 Å². The van der Waals surface area contributed by atoms with Gasteiger partial charge in [0.2, 0.25) is 17.7 Å². The predicted molar refractivity (Wildman–Crippen MR) is 104 cm³/mol. The Morgan fingerprint density at radius 2 is 1.71 bits per heavy atom. The molecule has 9 nitrogen and oxygen atoms in total. The lowest BCUT2D eigenvalue weighted by Crippen LogP contribution is -2.57. The molecule has 0 aromatic carbocycles. The fourth-order valence-electron chi connectivity index (χ4n) is 3.30. The molecule has 4 atom stereocenters. The van der Waals surface area contributed by atoms with Gasteiger partial charge in [-0.2, -0.15) is 0 Å². The van der Waals surface area contributed by atoms with Gasteiger partial charge in [0, 0.05) is 6.54 Å². The molecule has 3 amide bonds. The van der Waals surface area contributed by atoms with Gasteiger partial charge in [0.1, 0.15) is 18.1 Å². The van der Waals surface area contributed by atoms with Gasteiger partial charge in [-0.15, -0.1) is 0 Å². The van der Waals surface area contributed by atoms with Crippen LogP contribution in [-0.2, 0) is 19.2 Å². The Morgan fingerprint density at radius 3 is 2.18 bits per heavy atom. The lowest BCUT2D eigenvalue weighted by molar-refractivity contribution is -0.144. The van der Waals surface area contributed by atoms with Crippen LogP contribution in [0.2, 0.25) is 0 Å². The van der Waals surface area contributed by atoms with Crippen LogP contribution in [-0.4, -0.2) is 64.4 Å². The molecule has 0 aromatic rings. The summed E-state index contributed by atoms with van der Waals surface area (Å²) < 4.78 is 0. The Labute approximate surface area is 166 Å². The van der Waals surface area contributed by atoms with Crippen molar-refractivity contribution in [1.82, 2.24) is 15.5 Å². The molecule has 0 aromatic heterocycles. The van der Waals surface area contributed by atoms with E-state index in [9.17, 15) is 24.3 Å². The highest BCUT2D eigenvalue weighted by atomic mass is 16.4. The molecular formula is C19H34N4O5. The van der Waals surface area contributed by atoms with E-state index in [0.717, 1.165) is 0 Å². The van der Waals surface area contributed by atoms with Crippen LogP contribution in [0.25, 0.3) is 0 Å². The van der Waals surface area contributed by atoms with E-state index in [1.54, 1.807) is 20.8 Å². The molecule has 0 saturated carbocycles. The monoisotopic (exact) mass is 398 g/mol. The maximum Gasteiger partial charge on any atom is 0.326 e. The van der Waals surface area contributed by atoms with Crippen molar-refractivity contribution in [2.45, 2.75) is 78.0 Å². The second-order valence-electron chi connectivity index (χ2n) is 8.24. The van der Waals surface area contributed by atoms with Crippen molar-refractivity contribution < 1.29 is 24.3 Å². The molecule has 160 valence electrons. The topological polar surface area (TPSA) is 142 Å². The van der Waals surface area contributed by atoms with E-state index in [4.69, 9.17) is 5.73 Å². The number of carboxylic acid groups (broad SMARTS) is 1. The number of rotatable bonds is 9. The van der Waals surface area contributed by atoms with Gasteiger partial charge in [0.15, 0.2) is 0 Å². The molecule has 4 unspecified atom stereocenters. The molecule has 1 aliphatic rings. The number of nitrogens with one attached hydrogen (secondary N) is 2. The fourth-order valence-corrected chi connectivity index (χ4v) is 3.30. The highest BCUT2D eigenvalue weighted by molar-refractivity contribution is 5.94. The summed E-state index contributed by atoms with van der Waals surface area (Å²) in [6, 6.07) is -3.28. The maximum absolute atomic E-state index is 12.8. The van der Waals surface area contributed by atoms with Crippen LogP contribution in [0.5, 0.6) is 0 Å². The highest BCUT2D eigenvalue weighted by Gasteiger charge is 2.37. The van der Waals surface area contributed by atoms with Gasteiger partial charge < -0.3 is 26.4 Å². The van der Waals surface area contributed by atoms with Gasteiger partial charge in [0.25, 0.3) is 0 Å². The summed E-state index contributed by atoms with van der Waals surface area (Å²) in [4.78, 5) is 50.5. The van der Waals surface area contributed by atoms with Crippen LogP contribution in [0.3, 0.4) is 0 Å². The second kappa shape index (κ2) is 10.4. The summed E-state index contributed by atoms with van der Waals surface area (Å²) >= 11 is 0. The van der Waals surface area contributed by atoms with E-state index >= 15 is 0 Å². The molecule has 0 aliphatic carbocycles. The van der Waals surface area contributed by atoms with Crippen LogP contribution in [0.15, 0.2) is 0 Å². The number of carbonyl (C=O) groups is 4. The minimum atomic E-state index is -1.12. The summed E-state index contributed by atoms with van der Waals surface area (Å²) in [5, 5.41) is 14.5. The van der Waals surface area contributed by atoms with Crippen LogP contribution < -0.4 is 16.4 Å². The van der Waals surface area contributed by atoms with Crippen molar-refractivity contribution >= 4 is 23.7 Å². The SMILES string of the molecule is CC(C)CC(NC(=O)C1CCCN1C(=O)C(C)N)C(=O)NC(C(=O)O)C(C)C. The Kier molecular flexibility index (Phi) is 8.87. The summed E-state index contributed by atoms with van der Waals surface area (Å²) in [7, 11) is 0. The predicted octanol–water partition coefficient (Wildman–Crippen LogP) is 0.0809. The third-order valence-corrected chi connectivity index (χ3v) is 4.80. The molecule has 9 heteroatoms. The number of amides is 3. The van der Waals surface area contributed by atoms with Gasteiger partial charge in [-0.25, -0.2) is 4.79 Å². The van der Waals surface area contributed by atoms with E-state index in [1.165, 1.54) is 4.90 Å². The van der Waals surface area contributed by atoms with E-state index < -0.39 is 42.0 Å². The van der Waals surface area contributed by atoms with Gasteiger partial charge in [-0.3, -0.25) is 14.4 Å². The molecule has 28 heavy (non-hydrogen) atoms. The van der Waals surface area contributed by atoms with E-state index in [2.05, 4.69) is 10.6 Å². The fraction of sp³-hybridized carbons (Fsp3) is 0.789. The van der Waals surface area contributed by atoms with Gasteiger partial charge in [-0.1, -0.05) is 27.7 Å². The van der Waals surface area contributed by atoms with Crippen LogP contribution in [0.4, 0.5) is 0 Å². The van der Waals surface area contributed by atoms with Crippen molar-refractivity contribution in [1.29, 1.82) is 0 Å². The summed E-state index contributed by atoms with van der Waals surface area (Å²) in [5.74, 6) is -2.57. The van der Waals surface area contributed by atoms with Crippen molar-refractivity contribution in [2.24, 2.45) is 17.6 Å². The number of hydrogen-bond acceptors (Lipinski definition) is 5. The summed E-state index contributed by atoms with van der Waals surface area (Å²) in [6.45, 7) is 9.24. The Morgan fingerprint density at radius 1 is 1.11 bits per heavy atom. The molecule has 1 rings (SSSR count). The van der Waals surface area contributed by atoms with Crippen LogP contribution in [0.1, 0.15) is 53.9 Å². The van der Waals surface area contributed by atoms with Crippen LogP contribution in [0, 0.1) is 11.8 Å². The molecule has 0 bridgehead atoms. The lowest BCUT2D eigenvalue weighted by Gasteiger charge is -2.28. The first-order valence-electron chi connectivity index (χ1n) is 9.85. The Balaban J connectivity index is 2.90. The zero-order valence-corrected chi connectivity index (χ0v) is 17.4. The van der Waals surface area contributed by atoms with Crippen LogP contribution >= 0.6 is 0 Å². The maximum atomic E-state index is 12.8. The summed E-state index contributed by atoms with van der Waals surface area (Å²) in [6.07, 6.45) is 1.55. The number of carbonyl (C=O) groups excluding carboxylic acids is 3. The molecule has 1 fully saturated rings. The number of likely N-dealkylation sites (tertiary alicyclic amines) is 1. The highest BCUT2D eigenvalue weighted by Crippen LogP contribution is 2.19.